The fourth-order valence-electron chi connectivity index (χ4n) is 1.16. The molecule has 14 heavy (non-hydrogen) atoms. The zero-order chi connectivity index (χ0) is 10.4. The smallest absolute Gasteiger partial charge is 0.193 e. The Balaban J connectivity index is 2.56. The van der Waals surface area contributed by atoms with E-state index >= 15 is 0 Å². The van der Waals surface area contributed by atoms with Crippen LogP contribution < -0.4 is 11.3 Å². The van der Waals surface area contributed by atoms with Crippen LogP contribution in [0, 0.1) is 11.8 Å². The molecule has 0 aliphatic rings. The minimum absolute atomic E-state index is 0.0247. The third-order valence-electron chi connectivity index (χ3n) is 1.87. The number of hydrogen-bond donors (Lipinski definition) is 2. The largest absolute Gasteiger partial charge is 0.448 e. The number of rotatable bonds is 4. The Bertz CT molecular complexity index is 337. The predicted molar refractivity (Wildman–Crippen MR) is 56.5 cm³/mol. The summed E-state index contributed by atoms with van der Waals surface area (Å²) >= 11 is 5.66. The van der Waals surface area contributed by atoms with Crippen molar-refractivity contribution in [1.29, 1.82) is 0 Å². The standard InChI is InChI=1S/C10H13ClN2O/c1-2-3-4-5-8(13-12)9-6-7-10(11)14-9/h6-8,13H,4-5,12H2,1H3. The first-order valence-electron chi connectivity index (χ1n) is 4.39. The maximum absolute atomic E-state index is 5.66. The molecular formula is C10H13ClN2O. The van der Waals surface area contributed by atoms with E-state index in [1.54, 1.807) is 6.07 Å². The lowest BCUT2D eigenvalue weighted by Crippen LogP contribution is -2.27. The average Bonchev–Trinajstić information content (AvgIpc) is 2.60. The Morgan fingerprint density at radius 2 is 2.43 bits per heavy atom. The van der Waals surface area contributed by atoms with Gasteiger partial charge in [0.15, 0.2) is 5.22 Å². The van der Waals surface area contributed by atoms with Gasteiger partial charge in [0.25, 0.3) is 0 Å². The molecule has 3 nitrogen and oxygen atoms in total. The molecule has 0 bridgehead atoms. The van der Waals surface area contributed by atoms with Crippen molar-refractivity contribution in [3.05, 3.63) is 23.1 Å². The summed E-state index contributed by atoms with van der Waals surface area (Å²) < 4.78 is 5.24. The number of nitrogens with two attached hydrogens (primary N) is 1. The summed E-state index contributed by atoms with van der Waals surface area (Å²) in [4.78, 5) is 0. The lowest BCUT2D eigenvalue weighted by Gasteiger charge is -2.10. The molecule has 0 fully saturated rings. The number of hydrazine groups is 1. The van der Waals surface area contributed by atoms with Crippen LogP contribution >= 0.6 is 11.6 Å². The van der Waals surface area contributed by atoms with Crippen molar-refractivity contribution in [3.63, 3.8) is 0 Å². The number of halogens is 1. The number of nitrogens with one attached hydrogen (secondary N) is 1. The maximum Gasteiger partial charge on any atom is 0.193 e. The summed E-state index contributed by atoms with van der Waals surface area (Å²) in [5.41, 5.74) is 2.67. The van der Waals surface area contributed by atoms with Crippen LogP contribution in [0.2, 0.25) is 5.22 Å². The molecule has 1 rings (SSSR count). The minimum atomic E-state index is -0.0247. The van der Waals surface area contributed by atoms with Crippen LogP contribution in [0.25, 0.3) is 0 Å². The lowest BCUT2D eigenvalue weighted by atomic mass is 10.1. The monoisotopic (exact) mass is 212 g/mol. The lowest BCUT2D eigenvalue weighted by molar-refractivity contribution is 0.405. The number of furan rings is 1. The molecule has 0 spiro atoms. The highest BCUT2D eigenvalue weighted by atomic mass is 35.5. The van der Waals surface area contributed by atoms with E-state index in [0.717, 1.165) is 18.6 Å². The summed E-state index contributed by atoms with van der Waals surface area (Å²) in [5, 5.41) is 0.377. The minimum Gasteiger partial charge on any atom is -0.448 e. The number of hydrogen-bond acceptors (Lipinski definition) is 3. The first kappa shape index (κ1) is 11.1. The average molecular weight is 213 g/mol. The van der Waals surface area contributed by atoms with Gasteiger partial charge in [0.1, 0.15) is 5.76 Å². The van der Waals surface area contributed by atoms with E-state index in [1.807, 2.05) is 13.0 Å². The van der Waals surface area contributed by atoms with E-state index in [9.17, 15) is 0 Å². The van der Waals surface area contributed by atoms with Crippen molar-refractivity contribution in [1.82, 2.24) is 5.43 Å². The van der Waals surface area contributed by atoms with Gasteiger partial charge in [-0.05, 0) is 37.1 Å². The zero-order valence-electron chi connectivity index (χ0n) is 8.01. The quantitative estimate of drug-likeness (QED) is 0.457. The van der Waals surface area contributed by atoms with Gasteiger partial charge in [-0.2, -0.15) is 0 Å². The molecule has 0 radical (unpaired) electrons. The highest BCUT2D eigenvalue weighted by Gasteiger charge is 2.12. The van der Waals surface area contributed by atoms with Gasteiger partial charge in [0.05, 0.1) is 6.04 Å². The third-order valence-corrected chi connectivity index (χ3v) is 2.08. The molecule has 1 atom stereocenters. The molecule has 3 N–H and O–H groups in total. The molecule has 1 aromatic rings. The summed E-state index contributed by atoms with van der Waals surface area (Å²) in [5.74, 6) is 11.9. The highest BCUT2D eigenvalue weighted by molar-refractivity contribution is 6.28. The summed E-state index contributed by atoms with van der Waals surface area (Å²) in [7, 11) is 0. The summed E-state index contributed by atoms with van der Waals surface area (Å²) in [6.45, 7) is 1.81. The van der Waals surface area contributed by atoms with Gasteiger partial charge in [-0.15, -0.1) is 11.8 Å². The molecule has 0 saturated heterocycles. The molecule has 0 amide bonds. The molecule has 1 heterocycles. The summed E-state index contributed by atoms with van der Waals surface area (Å²) in [6.07, 6.45) is 1.59. The van der Waals surface area contributed by atoms with E-state index in [1.165, 1.54) is 0 Å². The molecule has 76 valence electrons. The van der Waals surface area contributed by atoms with Gasteiger partial charge in [-0.3, -0.25) is 5.84 Å². The zero-order valence-corrected chi connectivity index (χ0v) is 8.77. The molecular weight excluding hydrogens is 200 g/mol. The second-order valence-corrected chi connectivity index (χ2v) is 3.20. The molecule has 0 saturated carbocycles. The van der Waals surface area contributed by atoms with Crippen LogP contribution in [0.5, 0.6) is 0 Å². The molecule has 4 heteroatoms. The van der Waals surface area contributed by atoms with Crippen LogP contribution in [0.15, 0.2) is 16.5 Å². The second-order valence-electron chi connectivity index (χ2n) is 2.83. The Morgan fingerprint density at radius 3 is 2.93 bits per heavy atom. The van der Waals surface area contributed by atoms with Crippen molar-refractivity contribution in [2.24, 2.45) is 5.84 Å². The Hall–Kier alpha value is -0.950. The Morgan fingerprint density at radius 1 is 1.64 bits per heavy atom. The maximum atomic E-state index is 5.66. The van der Waals surface area contributed by atoms with Crippen LogP contribution in [-0.2, 0) is 0 Å². The van der Waals surface area contributed by atoms with E-state index in [0.29, 0.717) is 5.22 Å². The Kier molecular flexibility index (Phi) is 4.54. The second kappa shape index (κ2) is 5.71. The van der Waals surface area contributed by atoms with Crippen molar-refractivity contribution in [3.8, 4) is 11.8 Å². The fraction of sp³-hybridized carbons (Fsp3) is 0.400. The molecule has 0 aliphatic carbocycles. The topological polar surface area (TPSA) is 51.2 Å². The van der Waals surface area contributed by atoms with Gasteiger partial charge in [-0.1, -0.05) is 0 Å². The van der Waals surface area contributed by atoms with Crippen LogP contribution in [-0.4, -0.2) is 0 Å². The Labute approximate surface area is 88.6 Å². The first-order chi connectivity index (χ1) is 6.77. The highest BCUT2D eigenvalue weighted by Crippen LogP contribution is 2.22. The molecule has 1 aromatic heterocycles. The summed E-state index contributed by atoms with van der Waals surface area (Å²) in [6, 6.07) is 3.49. The van der Waals surface area contributed by atoms with Crippen LogP contribution in [0.1, 0.15) is 31.6 Å². The molecule has 1 unspecified atom stereocenters. The van der Waals surface area contributed by atoms with E-state index < -0.39 is 0 Å². The van der Waals surface area contributed by atoms with Gasteiger partial charge in [-0.25, -0.2) is 5.43 Å². The fourth-order valence-corrected chi connectivity index (χ4v) is 1.32. The van der Waals surface area contributed by atoms with Gasteiger partial charge < -0.3 is 4.42 Å². The third kappa shape index (κ3) is 3.08. The van der Waals surface area contributed by atoms with Crippen LogP contribution in [0.4, 0.5) is 0 Å². The van der Waals surface area contributed by atoms with Crippen molar-refractivity contribution in [2.75, 3.05) is 0 Å². The van der Waals surface area contributed by atoms with E-state index in [4.69, 9.17) is 21.9 Å². The SMILES string of the molecule is CC#CCCC(NN)c1ccc(Cl)o1. The molecule has 0 aliphatic heterocycles. The van der Waals surface area contributed by atoms with Gasteiger partial charge >= 0.3 is 0 Å². The van der Waals surface area contributed by atoms with Gasteiger partial charge in [0, 0.05) is 6.42 Å². The first-order valence-corrected chi connectivity index (χ1v) is 4.76. The normalized spacial score (nSPS) is 11.9. The van der Waals surface area contributed by atoms with Crippen molar-refractivity contribution >= 4 is 11.6 Å². The van der Waals surface area contributed by atoms with Crippen LogP contribution in [0.3, 0.4) is 0 Å². The van der Waals surface area contributed by atoms with E-state index in [2.05, 4.69) is 17.3 Å². The van der Waals surface area contributed by atoms with E-state index in [-0.39, 0.29) is 6.04 Å². The molecule has 0 aromatic carbocycles. The predicted octanol–water partition coefficient (Wildman–Crippen LogP) is 2.24. The van der Waals surface area contributed by atoms with Gasteiger partial charge in [0.2, 0.25) is 0 Å². The van der Waals surface area contributed by atoms with Crippen molar-refractivity contribution in [2.45, 2.75) is 25.8 Å². The van der Waals surface area contributed by atoms with Crippen molar-refractivity contribution < 1.29 is 4.42 Å².